The predicted octanol–water partition coefficient (Wildman–Crippen LogP) is 3.40. The first-order chi connectivity index (χ1) is 9.08. The molecule has 2 aromatic carbocycles. The van der Waals surface area contributed by atoms with Crippen LogP contribution in [0.2, 0.25) is 0 Å². The molecule has 0 heterocycles. The third-order valence-corrected chi connectivity index (χ3v) is 3.12. The Morgan fingerprint density at radius 1 is 0.952 bits per heavy atom. The zero-order valence-corrected chi connectivity index (χ0v) is 12.7. The number of rotatable bonds is 5. The van der Waals surface area contributed by atoms with Crippen LogP contribution in [0.3, 0.4) is 0 Å². The number of benzene rings is 2. The summed E-state index contributed by atoms with van der Waals surface area (Å²) >= 11 is 0. The summed E-state index contributed by atoms with van der Waals surface area (Å²) in [5.74, 6) is -3.06. The molecule has 0 aliphatic carbocycles. The van der Waals surface area contributed by atoms with Gasteiger partial charge in [-0.25, -0.2) is 0 Å². The van der Waals surface area contributed by atoms with Crippen molar-refractivity contribution in [2.45, 2.75) is 12.8 Å². The van der Waals surface area contributed by atoms with E-state index in [0.29, 0.717) is 0 Å². The molecule has 0 bridgehead atoms. The number of carbonyl (C=O) groups is 2. The molecule has 1 atom stereocenters. The number of aliphatic carboxylic acids is 2. The van der Waals surface area contributed by atoms with Gasteiger partial charge in [0.15, 0.2) is 0 Å². The smallest absolute Gasteiger partial charge is 0.307 e. The summed E-state index contributed by atoms with van der Waals surface area (Å²) < 4.78 is 0. The van der Waals surface area contributed by atoms with Gasteiger partial charge in [-0.3, -0.25) is 9.59 Å². The van der Waals surface area contributed by atoms with E-state index in [9.17, 15) is 9.59 Å². The third kappa shape index (κ3) is 4.92. The van der Waals surface area contributed by atoms with Crippen LogP contribution in [-0.2, 0) is 16.0 Å². The van der Waals surface area contributed by atoms with Crippen molar-refractivity contribution in [3.05, 3.63) is 48.0 Å². The molecule has 0 aliphatic rings. The lowest BCUT2D eigenvalue weighted by Crippen LogP contribution is -2.20. The fraction of sp³-hybridized carbons (Fsp3) is 0.200. The molecule has 2 N–H and O–H groups in total. The van der Waals surface area contributed by atoms with E-state index in [1.807, 2.05) is 42.5 Å². The van der Waals surface area contributed by atoms with E-state index in [2.05, 4.69) is 0 Å². The second-order valence-corrected chi connectivity index (χ2v) is 4.48. The Labute approximate surface area is 134 Å². The van der Waals surface area contributed by atoms with Crippen molar-refractivity contribution in [1.29, 1.82) is 0 Å². The summed E-state index contributed by atoms with van der Waals surface area (Å²) in [6, 6.07) is 13.3. The van der Waals surface area contributed by atoms with E-state index in [1.54, 1.807) is 0 Å². The molecule has 4 nitrogen and oxygen atoms in total. The minimum absolute atomic E-state index is 0. The molecule has 0 fully saturated rings. The maximum Gasteiger partial charge on any atom is 0.307 e. The molecule has 0 amide bonds. The largest absolute Gasteiger partial charge is 0.481 e. The first kappa shape index (κ1) is 19.2. The van der Waals surface area contributed by atoms with Crippen molar-refractivity contribution in [3.8, 4) is 0 Å². The summed E-state index contributed by atoms with van der Waals surface area (Å²) in [5.41, 5.74) is 0.867. The van der Waals surface area contributed by atoms with E-state index in [0.717, 1.165) is 16.3 Å². The molecule has 0 aromatic heterocycles. The van der Waals surface area contributed by atoms with Crippen molar-refractivity contribution in [2.75, 3.05) is 0 Å². The van der Waals surface area contributed by atoms with E-state index in [-0.39, 0.29) is 37.7 Å². The van der Waals surface area contributed by atoms with Crippen LogP contribution < -0.4 is 0 Å². The highest BCUT2D eigenvalue weighted by atomic mass is 35.5. The summed E-state index contributed by atoms with van der Waals surface area (Å²) in [7, 11) is 0. The standard InChI is InChI=1S/C15H14O4.2ClH/c16-14(17)9-12(15(18)19)8-11-6-3-5-10-4-1-2-7-13(10)11;;/h1-7,12H,8-9H2,(H,16,17)(H,18,19);2*1H/t12-;;/m1../s1. The van der Waals surface area contributed by atoms with E-state index in [1.165, 1.54) is 0 Å². The Morgan fingerprint density at radius 3 is 2.19 bits per heavy atom. The summed E-state index contributed by atoms with van der Waals surface area (Å²) in [5, 5.41) is 19.9. The van der Waals surface area contributed by atoms with E-state index in [4.69, 9.17) is 10.2 Å². The molecular formula is C15H16Cl2O4. The molecule has 0 aliphatic heterocycles. The van der Waals surface area contributed by atoms with Crippen LogP contribution in [-0.4, -0.2) is 22.2 Å². The van der Waals surface area contributed by atoms with Crippen LogP contribution in [0.1, 0.15) is 12.0 Å². The monoisotopic (exact) mass is 330 g/mol. The second-order valence-electron chi connectivity index (χ2n) is 4.48. The third-order valence-electron chi connectivity index (χ3n) is 3.12. The van der Waals surface area contributed by atoms with Gasteiger partial charge in [0.2, 0.25) is 0 Å². The first-order valence-corrected chi connectivity index (χ1v) is 5.99. The Morgan fingerprint density at radius 2 is 1.57 bits per heavy atom. The highest BCUT2D eigenvalue weighted by molar-refractivity contribution is 5.86. The van der Waals surface area contributed by atoms with Gasteiger partial charge in [0.1, 0.15) is 0 Å². The maximum atomic E-state index is 11.1. The van der Waals surface area contributed by atoms with Crippen LogP contribution in [0.4, 0.5) is 0 Å². The summed E-state index contributed by atoms with van der Waals surface area (Å²) in [4.78, 5) is 21.8. The minimum atomic E-state index is -1.09. The number of halogens is 2. The fourth-order valence-corrected chi connectivity index (χ4v) is 2.19. The lowest BCUT2D eigenvalue weighted by molar-refractivity contribution is -0.148. The molecule has 2 aromatic rings. The minimum Gasteiger partial charge on any atom is -0.481 e. The Kier molecular flexibility index (Phi) is 7.77. The lowest BCUT2D eigenvalue weighted by Gasteiger charge is -2.12. The van der Waals surface area contributed by atoms with Gasteiger partial charge in [-0.1, -0.05) is 42.5 Å². The second kappa shape index (κ2) is 8.49. The summed E-state index contributed by atoms with van der Waals surface area (Å²) in [6.07, 6.45) is -0.137. The van der Waals surface area contributed by atoms with Gasteiger partial charge in [0.25, 0.3) is 0 Å². The lowest BCUT2D eigenvalue weighted by atomic mass is 9.93. The van der Waals surface area contributed by atoms with Gasteiger partial charge in [0, 0.05) is 0 Å². The van der Waals surface area contributed by atoms with E-state index < -0.39 is 17.9 Å². The molecule has 2 rings (SSSR count). The van der Waals surface area contributed by atoms with Gasteiger partial charge in [-0.15, -0.1) is 24.8 Å². The number of fused-ring (bicyclic) bond motifs is 1. The van der Waals surface area contributed by atoms with Crippen LogP contribution in [0.15, 0.2) is 42.5 Å². The summed E-state index contributed by atoms with van der Waals surface area (Å²) in [6.45, 7) is 0. The Hall–Kier alpha value is -1.78. The SMILES string of the molecule is Cl.Cl.O=C(O)C[C@@H](Cc1cccc2ccccc12)C(=O)O. The number of hydrogen-bond acceptors (Lipinski definition) is 2. The van der Waals surface area contributed by atoms with Gasteiger partial charge < -0.3 is 10.2 Å². The van der Waals surface area contributed by atoms with Crippen molar-refractivity contribution < 1.29 is 19.8 Å². The molecule has 21 heavy (non-hydrogen) atoms. The van der Waals surface area contributed by atoms with Gasteiger partial charge in [-0.2, -0.15) is 0 Å². The molecule has 114 valence electrons. The number of hydrogen-bond donors (Lipinski definition) is 2. The Balaban J connectivity index is 0.00000200. The number of carboxylic acids is 2. The van der Waals surface area contributed by atoms with Crippen LogP contribution >= 0.6 is 24.8 Å². The molecule has 0 saturated carbocycles. The maximum absolute atomic E-state index is 11.1. The molecule has 0 radical (unpaired) electrons. The number of carboxylic acid groups (broad SMARTS) is 2. The van der Waals surface area contributed by atoms with Crippen LogP contribution in [0.25, 0.3) is 10.8 Å². The molecule has 0 spiro atoms. The molecule has 0 saturated heterocycles. The topological polar surface area (TPSA) is 74.6 Å². The quantitative estimate of drug-likeness (QED) is 0.880. The van der Waals surface area contributed by atoms with Crippen molar-refractivity contribution in [1.82, 2.24) is 0 Å². The molecule has 0 unspecified atom stereocenters. The first-order valence-electron chi connectivity index (χ1n) is 5.99. The van der Waals surface area contributed by atoms with Crippen LogP contribution in [0, 0.1) is 5.92 Å². The highest BCUT2D eigenvalue weighted by Gasteiger charge is 2.22. The highest BCUT2D eigenvalue weighted by Crippen LogP contribution is 2.22. The van der Waals surface area contributed by atoms with Gasteiger partial charge in [-0.05, 0) is 22.8 Å². The van der Waals surface area contributed by atoms with Crippen LogP contribution in [0.5, 0.6) is 0 Å². The molecule has 6 heteroatoms. The van der Waals surface area contributed by atoms with Crippen molar-refractivity contribution in [2.24, 2.45) is 5.92 Å². The normalized spacial score (nSPS) is 11.0. The van der Waals surface area contributed by atoms with Gasteiger partial charge in [0.05, 0.1) is 12.3 Å². The molecular weight excluding hydrogens is 315 g/mol. The fourth-order valence-electron chi connectivity index (χ4n) is 2.19. The zero-order valence-electron chi connectivity index (χ0n) is 11.1. The predicted molar refractivity (Wildman–Crippen MR) is 85.5 cm³/mol. The average Bonchev–Trinajstić information content (AvgIpc) is 2.37. The Bertz CT molecular complexity index is 623. The van der Waals surface area contributed by atoms with Crippen molar-refractivity contribution >= 4 is 47.5 Å². The van der Waals surface area contributed by atoms with Crippen molar-refractivity contribution in [3.63, 3.8) is 0 Å². The van der Waals surface area contributed by atoms with E-state index >= 15 is 0 Å². The zero-order chi connectivity index (χ0) is 13.8. The van der Waals surface area contributed by atoms with Gasteiger partial charge >= 0.3 is 11.9 Å². The average molecular weight is 331 g/mol.